The molecule has 1 aliphatic heterocycles. The van der Waals surface area contributed by atoms with Gasteiger partial charge in [0.25, 0.3) is 0 Å². The highest BCUT2D eigenvalue weighted by molar-refractivity contribution is 7.92. The molecule has 0 bridgehead atoms. The van der Waals surface area contributed by atoms with Crippen LogP contribution in [0.4, 0.5) is 5.82 Å². The van der Waals surface area contributed by atoms with E-state index in [1.165, 1.54) is 18.4 Å². The average molecular weight is 391 g/mol. The van der Waals surface area contributed by atoms with Gasteiger partial charge in [-0.2, -0.15) is 4.31 Å². The highest BCUT2D eigenvalue weighted by Crippen LogP contribution is 2.17. The fraction of sp³-hybridized carbons (Fsp3) is 0.333. The highest BCUT2D eigenvalue weighted by atomic mass is 32.2. The molecule has 1 unspecified atom stereocenters. The van der Waals surface area contributed by atoms with Crippen LogP contribution in [0.1, 0.15) is 18.4 Å². The summed E-state index contributed by atoms with van der Waals surface area (Å²) in [5.74, 6) is -0.270. The number of rotatable bonds is 8. The summed E-state index contributed by atoms with van der Waals surface area (Å²) in [5.41, 5.74) is 0.755. The molecule has 1 aromatic heterocycles. The predicted molar refractivity (Wildman–Crippen MR) is 100 cm³/mol. The third kappa shape index (κ3) is 5.75. The lowest BCUT2D eigenvalue weighted by Crippen LogP contribution is -2.41. The number of nitrogens with one attached hydrogen (secondary N) is 1. The number of sulfonamides is 1. The van der Waals surface area contributed by atoms with E-state index in [4.69, 9.17) is 4.74 Å². The Morgan fingerprint density at radius 2 is 2.11 bits per heavy atom. The third-order valence-corrected chi connectivity index (χ3v) is 5.53. The second-order valence-corrected chi connectivity index (χ2v) is 7.94. The fourth-order valence-electron chi connectivity index (χ4n) is 2.71. The van der Waals surface area contributed by atoms with Gasteiger partial charge < -0.3 is 14.6 Å². The van der Waals surface area contributed by atoms with Crippen molar-refractivity contribution in [3.05, 3.63) is 53.6 Å². The van der Waals surface area contributed by atoms with Gasteiger partial charge in [-0.1, -0.05) is 35.5 Å². The molecule has 3 rings (SSSR count). The number of amides is 1. The van der Waals surface area contributed by atoms with Crippen molar-refractivity contribution < 1.29 is 22.5 Å². The molecule has 2 heterocycles. The van der Waals surface area contributed by atoms with E-state index in [-0.39, 0.29) is 25.0 Å². The minimum atomic E-state index is -3.81. The Kier molecular flexibility index (Phi) is 6.38. The van der Waals surface area contributed by atoms with Gasteiger partial charge >= 0.3 is 0 Å². The molecule has 1 aromatic carbocycles. The Bertz CT molecular complexity index is 860. The Morgan fingerprint density at radius 1 is 1.30 bits per heavy atom. The first-order chi connectivity index (χ1) is 13.0. The predicted octanol–water partition coefficient (Wildman–Crippen LogP) is 2.09. The Labute approximate surface area is 157 Å². The molecule has 27 heavy (non-hydrogen) atoms. The normalized spacial score (nSPS) is 17.6. The third-order valence-electron chi connectivity index (χ3n) is 4.05. The standard InChI is InChI=1S/C18H21N3O5S/c22-18(19-17-8-11-26-20-17)14-21(13-16-7-4-10-25-16)27(23,24)12-9-15-5-2-1-3-6-15/h1-3,5-6,8-9,11-12,16H,4,7,10,13-14H2,(H,19,20,22)/b12-9+. The number of anilines is 1. The molecule has 1 amide bonds. The van der Waals surface area contributed by atoms with Crippen molar-refractivity contribution >= 4 is 27.8 Å². The van der Waals surface area contributed by atoms with Gasteiger partial charge in [0.2, 0.25) is 15.9 Å². The number of ether oxygens (including phenoxy) is 1. The van der Waals surface area contributed by atoms with E-state index < -0.39 is 15.9 Å². The number of hydrogen-bond acceptors (Lipinski definition) is 6. The molecule has 0 spiro atoms. The van der Waals surface area contributed by atoms with Gasteiger partial charge in [0.15, 0.2) is 5.82 Å². The van der Waals surface area contributed by atoms with Crippen LogP contribution in [0.2, 0.25) is 0 Å². The van der Waals surface area contributed by atoms with Gasteiger partial charge in [-0.05, 0) is 24.5 Å². The lowest BCUT2D eigenvalue weighted by molar-refractivity contribution is -0.116. The van der Waals surface area contributed by atoms with E-state index in [9.17, 15) is 13.2 Å². The molecule has 0 radical (unpaired) electrons. The number of benzene rings is 1. The number of carbonyl (C=O) groups excluding carboxylic acids is 1. The maximum absolute atomic E-state index is 12.8. The Balaban J connectivity index is 1.73. The summed E-state index contributed by atoms with van der Waals surface area (Å²) in [6.07, 6.45) is 4.25. The zero-order valence-electron chi connectivity index (χ0n) is 14.7. The topological polar surface area (TPSA) is 102 Å². The van der Waals surface area contributed by atoms with Gasteiger partial charge in [0.05, 0.1) is 12.6 Å². The second kappa shape index (κ2) is 8.94. The van der Waals surface area contributed by atoms with Gasteiger partial charge in [0.1, 0.15) is 6.26 Å². The zero-order valence-corrected chi connectivity index (χ0v) is 15.5. The van der Waals surface area contributed by atoms with Crippen LogP contribution < -0.4 is 5.32 Å². The van der Waals surface area contributed by atoms with E-state index in [1.807, 2.05) is 18.2 Å². The second-order valence-electron chi connectivity index (χ2n) is 6.12. The van der Waals surface area contributed by atoms with Crippen molar-refractivity contribution in [1.82, 2.24) is 9.46 Å². The van der Waals surface area contributed by atoms with Crippen LogP contribution in [0.3, 0.4) is 0 Å². The Hall–Kier alpha value is -2.49. The lowest BCUT2D eigenvalue weighted by Gasteiger charge is -2.22. The van der Waals surface area contributed by atoms with E-state index in [2.05, 4.69) is 15.0 Å². The fourth-order valence-corrected chi connectivity index (χ4v) is 3.88. The van der Waals surface area contributed by atoms with Crippen molar-refractivity contribution in [2.75, 3.05) is 25.0 Å². The molecule has 2 aromatic rings. The summed E-state index contributed by atoms with van der Waals surface area (Å²) in [5, 5.41) is 7.21. The molecule has 1 aliphatic rings. The number of nitrogens with zero attached hydrogens (tertiary/aromatic N) is 2. The molecule has 1 fully saturated rings. The molecule has 1 atom stereocenters. The lowest BCUT2D eigenvalue weighted by atomic mass is 10.2. The first-order valence-corrected chi connectivity index (χ1v) is 10.1. The molecule has 8 nitrogen and oxygen atoms in total. The maximum Gasteiger partial charge on any atom is 0.240 e. The smallest absolute Gasteiger partial charge is 0.240 e. The molecule has 0 aliphatic carbocycles. The quantitative estimate of drug-likeness (QED) is 0.739. The van der Waals surface area contributed by atoms with Crippen molar-refractivity contribution in [2.24, 2.45) is 0 Å². The SMILES string of the molecule is O=C(CN(CC1CCCO1)S(=O)(=O)/C=C/c1ccccc1)Nc1ccon1. The summed E-state index contributed by atoms with van der Waals surface area (Å²) < 4.78 is 36.9. The first kappa shape index (κ1) is 19.3. The van der Waals surface area contributed by atoms with Crippen LogP contribution in [0.5, 0.6) is 0 Å². The molecular formula is C18H21N3O5S. The monoisotopic (exact) mass is 391 g/mol. The molecule has 1 saturated heterocycles. The zero-order chi connectivity index (χ0) is 19.1. The van der Waals surface area contributed by atoms with Crippen LogP contribution >= 0.6 is 0 Å². The molecule has 1 N–H and O–H groups in total. The molecule has 9 heteroatoms. The van der Waals surface area contributed by atoms with Crippen LogP contribution in [0, 0.1) is 0 Å². The van der Waals surface area contributed by atoms with Gasteiger partial charge in [-0.15, -0.1) is 0 Å². The molecule has 0 saturated carbocycles. The van der Waals surface area contributed by atoms with Crippen molar-refractivity contribution in [3.63, 3.8) is 0 Å². The van der Waals surface area contributed by atoms with E-state index >= 15 is 0 Å². The summed E-state index contributed by atoms with van der Waals surface area (Å²) in [4.78, 5) is 12.3. The number of carbonyl (C=O) groups is 1. The van der Waals surface area contributed by atoms with E-state index in [0.717, 1.165) is 28.1 Å². The summed E-state index contributed by atoms with van der Waals surface area (Å²) in [6, 6.07) is 10.6. The van der Waals surface area contributed by atoms with Crippen molar-refractivity contribution in [1.29, 1.82) is 0 Å². The minimum absolute atomic E-state index is 0.119. The van der Waals surface area contributed by atoms with Crippen LogP contribution in [0.15, 0.2) is 52.6 Å². The van der Waals surface area contributed by atoms with E-state index in [0.29, 0.717) is 6.61 Å². The van der Waals surface area contributed by atoms with E-state index in [1.54, 1.807) is 12.1 Å². The summed E-state index contributed by atoms with van der Waals surface area (Å²) >= 11 is 0. The van der Waals surface area contributed by atoms with Gasteiger partial charge in [-0.25, -0.2) is 8.42 Å². The van der Waals surface area contributed by atoms with Crippen LogP contribution in [-0.2, 0) is 19.6 Å². The van der Waals surface area contributed by atoms with Gasteiger partial charge in [-0.3, -0.25) is 4.79 Å². The van der Waals surface area contributed by atoms with Crippen molar-refractivity contribution in [3.8, 4) is 0 Å². The largest absolute Gasteiger partial charge is 0.377 e. The average Bonchev–Trinajstić information content (AvgIpc) is 3.34. The van der Waals surface area contributed by atoms with Crippen molar-refractivity contribution in [2.45, 2.75) is 18.9 Å². The number of aromatic nitrogens is 1. The maximum atomic E-state index is 12.8. The van der Waals surface area contributed by atoms with Crippen LogP contribution in [-0.4, -0.2) is 49.6 Å². The summed E-state index contributed by atoms with van der Waals surface area (Å²) in [6.45, 7) is 0.380. The molecular weight excluding hydrogens is 370 g/mol. The van der Waals surface area contributed by atoms with Crippen LogP contribution in [0.25, 0.3) is 6.08 Å². The number of hydrogen-bond donors (Lipinski definition) is 1. The van der Waals surface area contributed by atoms with Gasteiger partial charge in [0, 0.05) is 24.6 Å². The Morgan fingerprint density at radius 3 is 2.78 bits per heavy atom. The first-order valence-electron chi connectivity index (χ1n) is 8.58. The minimum Gasteiger partial charge on any atom is -0.377 e. The highest BCUT2D eigenvalue weighted by Gasteiger charge is 2.28. The summed E-state index contributed by atoms with van der Waals surface area (Å²) in [7, 11) is -3.81. The molecule has 144 valence electrons.